The van der Waals surface area contributed by atoms with Gasteiger partial charge in [0.1, 0.15) is 5.78 Å². The van der Waals surface area contributed by atoms with Crippen molar-refractivity contribution in [1.82, 2.24) is 4.57 Å². The van der Waals surface area contributed by atoms with E-state index in [0.717, 1.165) is 6.42 Å². The minimum atomic E-state index is -0.335. The quantitative estimate of drug-likeness (QED) is 0.691. The number of ketones is 1. The van der Waals surface area contributed by atoms with E-state index in [1.54, 1.807) is 12.3 Å². The first-order valence-electron chi connectivity index (χ1n) is 4.98. The lowest BCUT2D eigenvalue weighted by atomic mass is 10.2. The molecule has 0 N–H and O–H groups in total. The second-order valence-electron chi connectivity index (χ2n) is 3.77. The Labute approximate surface area is 87.8 Å². The SMILES string of the molecule is COC(=O)c1ccn(C2CCC(=O)C2)c1. The third-order valence-corrected chi connectivity index (χ3v) is 2.78. The van der Waals surface area contributed by atoms with Gasteiger partial charge in [-0.2, -0.15) is 0 Å². The highest BCUT2D eigenvalue weighted by Gasteiger charge is 2.23. The second-order valence-corrected chi connectivity index (χ2v) is 3.77. The predicted molar refractivity (Wildman–Crippen MR) is 53.7 cm³/mol. The van der Waals surface area contributed by atoms with Crippen molar-refractivity contribution in [3.63, 3.8) is 0 Å². The van der Waals surface area contributed by atoms with Crippen LogP contribution in [0.25, 0.3) is 0 Å². The Morgan fingerprint density at radius 3 is 3.00 bits per heavy atom. The van der Waals surface area contributed by atoms with Gasteiger partial charge >= 0.3 is 5.97 Å². The fourth-order valence-corrected chi connectivity index (χ4v) is 1.93. The van der Waals surface area contributed by atoms with Crippen LogP contribution in [0.4, 0.5) is 0 Å². The molecule has 4 heteroatoms. The Hall–Kier alpha value is -1.58. The number of hydrogen-bond acceptors (Lipinski definition) is 3. The van der Waals surface area contributed by atoms with E-state index in [1.165, 1.54) is 7.11 Å². The van der Waals surface area contributed by atoms with Gasteiger partial charge < -0.3 is 9.30 Å². The van der Waals surface area contributed by atoms with Crippen LogP contribution in [-0.2, 0) is 9.53 Å². The smallest absolute Gasteiger partial charge is 0.339 e. The summed E-state index contributed by atoms with van der Waals surface area (Å²) in [7, 11) is 1.36. The summed E-state index contributed by atoms with van der Waals surface area (Å²) in [5.74, 6) is -0.0357. The topological polar surface area (TPSA) is 48.3 Å². The lowest BCUT2D eigenvalue weighted by molar-refractivity contribution is -0.117. The fourth-order valence-electron chi connectivity index (χ4n) is 1.93. The van der Waals surface area contributed by atoms with E-state index in [1.807, 2.05) is 10.8 Å². The minimum Gasteiger partial charge on any atom is -0.465 e. The number of esters is 1. The molecule has 0 radical (unpaired) electrons. The highest BCUT2D eigenvalue weighted by atomic mass is 16.5. The normalized spacial score (nSPS) is 20.6. The van der Waals surface area contributed by atoms with E-state index < -0.39 is 0 Å². The molecule has 0 aromatic carbocycles. The first-order chi connectivity index (χ1) is 7.20. The van der Waals surface area contributed by atoms with Crippen LogP contribution in [0, 0.1) is 0 Å². The van der Waals surface area contributed by atoms with Gasteiger partial charge in [-0.25, -0.2) is 4.79 Å². The molecule has 1 aliphatic carbocycles. The van der Waals surface area contributed by atoms with E-state index in [2.05, 4.69) is 4.74 Å². The molecule has 80 valence electrons. The van der Waals surface area contributed by atoms with Crippen LogP contribution < -0.4 is 0 Å². The summed E-state index contributed by atoms with van der Waals surface area (Å²) in [5, 5.41) is 0. The highest BCUT2D eigenvalue weighted by molar-refractivity contribution is 5.89. The number of carbonyl (C=O) groups excluding carboxylic acids is 2. The van der Waals surface area contributed by atoms with Gasteiger partial charge in [-0.3, -0.25) is 4.79 Å². The standard InChI is InChI=1S/C11H13NO3/c1-15-11(14)8-4-5-12(7-8)9-2-3-10(13)6-9/h4-5,7,9H,2-3,6H2,1H3. The lowest BCUT2D eigenvalue weighted by Gasteiger charge is -2.09. The number of aromatic nitrogens is 1. The Balaban J connectivity index is 2.13. The third-order valence-electron chi connectivity index (χ3n) is 2.78. The summed E-state index contributed by atoms with van der Waals surface area (Å²) in [6, 6.07) is 1.94. The van der Waals surface area contributed by atoms with Gasteiger partial charge in [-0.05, 0) is 12.5 Å². The molecule has 1 saturated carbocycles. The van der Waals surface area contributed by atoms with Crippen LogP contribution in [0.3, 0.4) is 0 Å². The van der Waals surface area contributed by atoms with E-state index in [4.69, 9.17) is 0 Å². The van der Waals surface area contributed by atoms with Gasteiger partial charge in [0.05, 0.1) is 12.7 Å². The molecule has 1 aromatic rings. The van der Waals surface area contributed by atoms with Crippen LogP contribution in [0.15, 0.2) is 18.5 Å². The Kier molecular flexibility index (Phi) is 2.58. The van der Waals surface area contributed by atoms with Crippen LogP contribution >= 0.6 is 0 Å². The average molecular weight is 207 g/mol. The zero-order chi connectivity index (χ0) is 10.8. The van der Waals surface area contributed by atoms with Crippen molar-refractivity contribution in [3.05, 3.63) is 24.0 Å². The fraction of sp³-hybridized carbons (Fsp3) is 0.455. The van der Waals surface area contributed by atoms with Crippen molar-refractivity contribution < 1.29 is 14.3 Å². The van der Waals surface area contributed by atoms with Crippen molar-refractivity contribution in [2.75, 3.05) is 7.11 Å². The van der Waals surface area contributed by atoms with Crippen LogP contribution in [-0.4, -0.2) is 23.4 Å². The highest BCUT2D eigenvalue weighted by Crippen LogP contribution is 2.27. The number of Topliss-reactive ketones (excluding diaryl/α,β-unsaturated/α-hetero) is 1. The van der Waals surface area contributed by atoms with Crippen molar-refractivity contribution in [3.8, 4) is 0 Å². The van der Waals surface area contributed by atoms with Crippen LogP contribution in [0.1, 0.15) is 35.7 Å². The summed E-state index contributed by atoms with van der Waals surface area (Å²) in [6.45, 7) is 0. The zero-order valence-corrected chi connectivity index (χ0v) is 8.60. The molecule has 1 heterocycles. The summed E-state index contributed by atoms with van der Waals surface area (Å²) >= 11 is 0. The summed E-state index contributed by atoms with van der Waals surface area (Å²) in [6.07, 6.45) is 5.67. The maximum absolute atomic E-state index is 11.2. The maximum atomic E-state index is 11.2. The van der Waals surface area contributed by atoms with Crippen molar-refractivity contribution in [1.29, 1.82) is 0 Å². The number of nitrogens with zero attached hydrogens (tertiary/aromatic N) is 1. The molecule has 1 fully saturated rings. The van der Waals surface area contributed by atoms with E-state index in [-0.39, 0.29) is 12.0 Å². The summed E-state index contributed by atoms with van der Waals surface area (Å²) in [5.41, 5.74) is 0.539. The molecule has 0 amide bonds. The number of carbonyl (C=O) groups is 2. The Bertz CT molecular complexity index is 394. The molecule has 4 nitrogen and oxygen atoms in total. The number of ether oxygens (including phenoxy) is 1. The van der Waals surface area contributed by atoms with Crippen LogP contribution in [0.2, 0.25) is 0 Å². The molecule has 1 unspecified atom stereocenters. The largest absolute Gasteiger partial charge is 0.465 e. The monoisotopic (exact) mass is 207 g/mol. The number of hydrogen-bond donors (Lipinski definition) is 0. The van der Waals surface area contributed by atoms with Gasteiger partial charge in [-0.1, -0.05) is 0 Å². The van der Waals surface area contributed by atoms with Crippen LogP contribution in [0.5, 0.6) is 0 Å². The maximum Gasteiger partial charge on any atom is 0.339 e. The first kappa shape index (κ1) is 9.96. The Morgan fingerprint density at radius 1 is 1.60 bits per heavy atom. The van der Waals surface area contributed by atoms with E-state index in [0.29, 0.717) is 24.2 Å². The molecule has 0 saturated heterocycles. The zero-order valence-electron chi connectivity index (χ0n) is 8.60. The number of methoxy groups -OCH3 is 1. The average Bonchev–Trinajstić information content (AvgIpc) is 2.84. The molecule has 1 aromatic heterocycles. The molecule has 1 atom stereocenters. The van der Waals surface area contributed by atoms with Gasteiger partial charge in [-0.15, -0.1) is 0 Å². The molecular weight excluding hydrogens is 194 g/mol. The molecule has 1 aliphatic rings. The van der Waals surface area contributed by atoms with Gasteiger partial charge in [0.2, 0.25) is 0 Å². The third kappa shape index (κ3) is 1.93. The minimum absolute atomic E-state index is 0.218. The van der Waals surface area contributed by atoms with Gasteiger partial charge in [0.15, 0.2) is 0 Å². The van der Waals surface area contributed by atoms with E-state index >= 15 is 0 Å². The Morgan fingerprint density at radius 2 is 2.40 bits per heavy atom. The van der Waals surface area contributed by atoms with Crippen molar-refractivity contribution in [2.24, 2.45) is 0 Å². The second kappa shape index (κ2) is 3.88. The molecule has 0 aliphatic heterocycles. The summed E-state index contributed by atoms with van der Waals surface area (Å²) in [4.78, 5) is 22.3. The van der Waals surface area contributed by atoms with Gasteiger partial charge in [0, 0.05) is 31.3 Å². The predicted octanol–water partition coefficient (Wildman–Crippen LogP) is 1.57. The molecule has 0 spiro atoms. The molecular formula is C11H13NO3. The lowest BCUT2D eigenvalue weighted by Crippen LogP contribution is -2.04. The summed E-state index contributed by atoms with van der Waals surface area (Å²) < 4.78 is 6.54. The van der Waals surface area contributed by atoms with Crippen molar-refractivity contribution in [2.45, 2.75) is 25.3 Å². The van der Waals surface area contributed by atoms with E-state index in [9.17, 15) is 9.59 Å². The molecule has 15 heavy (non-hydrogen) atoms. The molecule has 0 bridgehead atoms. The number of rotatable bonds is 2. The first-order valence-corrected chi connectivity index (χ1v) is 4.98. The molecule has 2 rings (SSSR count). The van der Waals surface area contributed by atoms with Crippen molar-refractivity contribution >= 4 is 11.8 Å². The van der Waals surface area contributed by atoms with Gasteiger partial charge in [0.25, 0.3) is 0 Å².